The lowest BCUT2D eigenvalue weighted by Crippen LogP contribution is -2.13. The average molecular weight is 394 g/mol. The van der Waals surface area contributed by atoms with Crippen LogP contribution in [0.15, 0.2) is 48.5 Å². The number of hydrogen-bond acceptors (Lipinski definition) is 3. The zero-order chi connectivity index (χ0) is 20.4. The third-order valence-electron chi connectivity index (χ3n) is 5.21. The van der Waals surface area contributed by atoms with Crippen LogP contribution in [0.25, 0.3) is 11.3 Å². The molecule has 0 radical (unpaired) electrons. The van der Waals surface area contributed by atoms with Crippen molar-refractivity contribution in [2.24, 2.45) is 5.73 Å². The van der Waals surface area contributed by atoms with Gasteiger partial charge in [0.25, 0.3) is 5.91 Å². The predicted octanol–water partition coefficient (Wildman–Crippen LogP) is 4.11. The molecule has 1 aromatic heterocycles. The van der Waals surface area contributed by atoms with Crippen molar-refractivity contribution in [1.82, 2.24) is 4.57 Å². The molecule has 2 aromatic carbocycles. The van der Waals surface area contributed by atoms with Crippen LogP contribution < -0.4 is 15.2 Å². The van der Waals surface area contributed by atoms with E-state index in [0.29, 0.717) is 37.5 Å². The summed E-state index contributed by atoms with van der Waals surface area (Å²) < 4.78 is 26.8. The second kappa shape index (κ2) is 7.99. The van der Waals surface area contributed by atoms with Crippen LogP contribution in [0.2, 0.25) is 0 Å². The molecule has 2 N–H and O–H groups in total. The van der Waals surface area contributed by atoms with Crippen LogP contribution in [0.3, 0.4) is 0 Å². The summed E-state index contributed by atoms with van der Waals surface area (Å²) in [5, 5.41) is 0. The first-order valence-electron chi connectivity index (χ1n) is 9.67. The minimum Gasteiger partial charge on any atom is -0.490 e. The molecule has 1 aliphatic rings. The molecule has 4 rings (SSSR count). The number of amides is 1. The molecule has 0 bridgehead atoms. The molecule has 0 saturated heterocycles. The van der Waals surface area contributed by atoms with E-state index in [2.05, 4.69) is 4.57 Å². The summed E-state index contributed by atoms with van der Waals surface area (Å²) in [5.41, 5.74) is 9.71. The van der Waals surface area contributed by atoms with Gasteiger partial charge in [0, 0.05) is 29.9 Å². The van der Waals surface area contributed by atoms with Crippen molar-refractivity contribution in [1.29, 1.82) is 0 Å². The summed E-state index contributed by atoms with van der Waals surface area (Å²) in [7, 11) is 0. The SMILES string of the molecule is Cc1c(C(N)=O)cc(-c2ccc3c(c2)OCCCO3)n1CCc1ccc(F)cc1. The maximum Gasteiger partial charge on any atom is 0.250 e. The van der Waals surface area contributed by atoms with Crippen LogP contribution in [-0.2, 0) is 13.0 Å². The van der Waals surface area contributed by atoms with E-state index in [9.17, 15) is 9.18 Å². The fraction of sp³-hybridized carbons (Fsp3) is 0.261. The number of aromatic nitrogens is 1. The second-order valence-corrected chi connectivity index (χ2v) is 7.13. The Morgan fingerprint density at radius 3 is 2.52 bits per heavy atom. The van der Waals surface area contributed by atoms with Crippen molar-refractivity contribution >= 4 is 5.91 Å². The van der Waals surface area contributed by atoms with Crippen LogP contribution in [-0.4, -0.2) is 23.7 Å². The van der Waals surface area contributed by atoms with Crippen molar-refractivity contribution in [2.45, 2.75) is 26.3 Å². The van der Waals surface area contributed by atoms with Crippen LogP contribution in [0.4, 0.5) is 4.39 Å². The van der Waals surface area contributed by atoms with Crippen LogP contribution in [0.5, 0.6) is 11.5 Å². The Bertz CT molecular complexity index is 1040. The van der Waals surface area contributed by atoms with E-state index in [0.717, 1.165) is 34.7 Å². The molecule has 0 fully saturated rings. The fourth-order valence-corrected chi connectivity index (χ4v) is 3.64. The lowest BCUT2D eigenvalue weighted by atomic mass is 10.1. The van der Waals surface area contributed by atoms with Gasteiger partial charge in [0.15, 0.2) is 11.5 Å². The molecule has 150 valence electrons. The van der Waals surface area contributed by atoms with Gasteiger partial charge in [0.2, 0.25) is 0 Å². The van der Waals surface area contributed by atoms with E-state index < -0.39 is 5.91 Å². The Hall–Kier alpha value is -3.28. The molecule has 6 heteroatoms. The second-order valence-electron chi connectivity index (χ2n) is 7.13. The van der Waals surface area contributed by atoms with Gasteiger partial charge in [0.1, 0.15) is 5.82 Å². The van der Waals surface area contributed by atoms with Crippen LogP contribution in [0, 0.1) is 12.7 Å². The number of carbonyl (C=O) groups excluding carboxylic acids is 1. The largest absolute Gasteiger partial charge is 0.490 e. The molecular weight excluding hydrogens is 371 g/mol. The number of rotatable bonds is 5. The molecular formula is C23H23FN2O3. The first-order chi connectivity index (χ1) is 14.0. The number of carbonyl (C=O) groups is 1. The van der Waals surface area contributed by atoms with Crippen molar-refractivity contribution < 1.29 is 18.7 Å². The fourth-order valence-electron chi connectivity index (χ4n) is 3.64. The molecule has 0 atom stereocenters. The Morgan fingerprint density at radius 2 is 1.79 bits per heavy atom. The number of ether oxygens (including phenoxy) is 2. The van der Waals surface area contributed by atoms with Gasteiger partial charge in [0.05, 0.1) is 18.8 Å². The average Bonchev–Trinajstić information content (AvgIpc) is 2.88. The highest BCUT2D eigenvalue weighted by Gasteiger charge is 2.19. The molecule has 2 heterocycles. The summed E-state index contributed by atoms with van der Waals surface area (Å²) in [6.45, 7) is 3.75. The third-order valence-corrected chi connectivity index (χ3v) is 5.21. The number of halogens is 1. The summed E-state index contributed by atoms with van der Waals surface area (Å²) in [4.78, 5) is 11.9. The minimum absolute atomic E-state index is 0.255. The molecule has 1 aliphatic heterocycles. The topological polar surface area (TPSA) is 66.5 Å². The van der Waals surface area contributed by atoms with E-state index in [1.54, 1.807) is 12.1 Å². The molecule has 0 aliphatic carbocycles. The van der Waals surface area contributed by atoms with Gasteiger partial charge >= 0.3 is 0 Å². The van der Waals surface area contributed by atoms with Crippen LogP contribution >= 0.6 is 0 Å². The zero-order valence-electron chi connectivity index (χ0n) is 16.3. The highest BCUT2D eigenvalue weighted by Crippen LogP contribution is 2.35. The molecule has 3 aromatic rings. The highest BCUT2D eigenvalue weighted by atomic mass is 19.1. The number of aryl methyl sites for hydroxylation is 1. The first kappa shape index (κ1) is 19.1. The maximum absolute atomic E-state index is 13.2. The smallest absolute Gasteiger partial charge is 0.250 e. The van der Waals surface area contributed by atoms with E-state index >= 15 is 0 Å². The monoisotopic (exact) mass is 394 g/mol. The molecule has 1 amide bonds. The molecule has 0 spiro atoms. The Kier molecular flexibility index (Phi) is 5.25. The molecule has 0 saturated carbocycles. The van der Waals surface area contributed by atoms with Gasteiger partial charge in [-0.2, -0.15) is 0 Å². The maximum atomic E-state index is 13.2. The summed E-state index contributed by atoms with van der Waals surface area (Å²) >= 11 is 0. The lowest BCUT2D eigenvalue weighted by Gasteiger charge is -2.14. The number of fused-ring (bicyclic) bond motifs is 1. The van der Waals surface area contributed by atoms with Crippen molar-refractivity contribution in [3.63, 3.8) is 0 Å². The quantitative estimate of drug-likeness (QED) is 0.708. The first-order valence-corrected chi connectivity index (χ1v) is 9.67. The van der Waals surface area contributed by atoms with E-state index in [-0.39, 0.29) is 5.82 Å². The van der Waals surface area contributed by atoms with Gasteiger partial charge in [-0.05, 0) is 55.3 Å². The van der Waals surface area contributed by atoms with Gasteiger partial charge in [-0.15, -0.1) is 0 Å². The Labute approximate surface area is 168 Å². The number of nitrogens with two attached hydrogens (primary N) is 1. The zero-order valence-corrected chi connectivity index (χ0v) is 16.3. The highest BCUT2D eigenvalue weighted by molar-refractivity contribution is 5.95. The predicted molar refractivity (Wildman–Crippen MR) is 109 cm³/mol. The summed E-state index contributed by atoms with van der Waals surface area (Å²) in [5.74, 6) is 0.709. The normalized spacial score (nSPS) is 13.2. The van der Waals surface area contributed by atoms with E-state index in [1.165, 1.54) is 12.1 Å². The Balaban J connectivity index is 1.70. The van der Waals surface area contributed by atoms with E-state index in [4.69, 9.17) is 15.2 Å². The molecule has 5 nitrogen and oxygen atoms in total. The minimum atomic E-state index is -0.460. The van der Waals surface area contributed by atoms with Gasteiger partial charge < -0.3 is 19.8 Å². The molecule has 0 unspecified atom stereocenters. The number of primary amides is 1. The van der Waals surface area contributed by atoms with Crippen molar-refractivity contribution in [3.8, 4) is 22.8 Å². The number of nitrogens with zero attached hydrogens (tertiary/aromatic N) is 1. The Morgan fingerprint density at radius 1 is 1.07 bits per heavy atom. The van der Waals surface area contributed by atoms with Crippen LogP contribution in [0.1, 0.15) is 28.0 Å². The van der Waals surface area contributed by atoms with Gasteiger partial charge in [-0.3, -0.25) is 4.79 Å². The third kappa shape index (κ3) is 3.97. The molecule has 29 heavy (non-hydrogen) atoms. The lowest BCUT2D eigenvalue weighted by molar-refractivity contribution is 0.0999. The number of benzene rings is 2. The van der Waals surface area contributed by atoms with Gasteiger partial charge in [-0.25, -0.2) is 4.39 Å². The van der Waals surface area contributed by atoms with Crippen molar-refractivity contribution in [3.05, 3.63) is 71.2 Å². The number of hydrogen-bond donors (Lipinski definition) is 1. The van der Waals surface area contributed by atoms with E-state index in [1.807, 2.05) is 31.2 Å². The standard InChI is InChI=1S/C23H23FN2O3/c1-15-19(23(25)27)14-20(26(15)10-9-16-3-6-18(24)7-4-16)17-5-8-21-22(13-17)29-12-2-11-28-21/h3-8,13-14H,2,9-12H2,1H3,(H2,25,27). The van der Waals surface area contributed by atoms with Gasteiger partial charge in [-0.1, -0.05) is 12.1 Å². The summed E-state index contributed by atoms with van der Waals surface area (Å²) in [6, 6.07) is 14.1. The van der Waals surface area contributed by atoms with Crippen molar-refractivity contribution in [2.75, 3.05) is 13.2 Å². The summed E-state index contributed by atoms with van der Waals surface area (Å²) in [6.07, 6.45) is 1.54.